The molecule has 448 valence electrons. The molecule has 23 N–H and O–H groups in total. The zero-order valence-electron chi connectivity index (χ0n) is 44.5. The maximum Gasteiger partial charge on any atom is 0.326 e. The lowest BCUT2D eigenvalue weighted by atomic mass is 10.0. The zero-order valence-corrected chi connectivity index (χ0v) is 44.5. The number of aliphatic hydroxyl groups is 1. The van der Waals surface area contributed by atoms with Gasteiger partial charge in [-0.1, -0.05) is 0 Å². The molecule has 0 aromatic heterocycles. The number of aliphatic carboxylic acids is 4. The van der Waals surface area contributed by atoms with E-state index in [2.05, 4.69) is 53.2 Å². The van der Waals surface area contributed by atoms with Crippen LogP contribution in [0, 0.1) is 0 Å². The third-order valence-electron chi connectivity index (χ3n) is 11.4. The van der Waals surface area contributed by atoms with E-state index in [1.165, 1.54) is 13.8 Å². The first kappa shape index (κ1) is 71.4. The minimum atomic E-state index is -1.84. The number of carboxylic acids is 4. The Morgan fingerprint density at radius 2 is 0.759 bits per heavy atom. The van der Waals surface area contributed by atoms with Gasteiger partial charge in [-0.25, -0.2) is 4.79 Å². The summed E-state index contributed by atoms with van der Waals surface area (Å²) in [5, 5.41) is 70.4. The summed E-state index contributed by atoms with van der Waals surface area (Å²) in [4.78, 5) is 178. The smallest absolute Gasteiger partial charge is 0.326 e. The number of hydrogen-bond donors (Lipinski definition) is 19. The van der Waals surface area contributed by atoms with E-state index in [4.69, 9.17) is 28.0 Å². The molecule has 0 unspecified atom stereocenters. The van der Waals surface area contributed by atoms with Crippen molar-refractivity contribution in [3.8, 4) is 0 Å². The second-order valence-corrected chi connectivity index (χ2v) is 18.3. The number of carbonyl (C=O) groups is 14. The molecule has 0 spiro atoms. The molecule has 10 amide bonds. The Labute approximate surface area is 454 Å². The van der Waals surface area contributed by atoms with Crippen LogP contribution in [-0.4, -0.2) is 202 Å². The molecule has 0 fully saturated rings. The molecule has 0 aliphatic carbocycles. The predicted molar refractivity (Wildman–Crippen MR) is 275 cm³/mol. The molecule has 0 bridgehead atoms. The molecule has 0 aromatic carbocycles. The zero-order chi connectivity index (χ0) is 60.4. The lowest BCUT2D eigenvalue weighted by molar-refractivity contribution is -0.143. The molecule has 33 heteroatoms. The third-order valence-corrected chi connectivity index (χ3v) is 11.4. The van der Waals surface area contributed by atoms with E-state index in [-0.39, 0.29) is 51.7 Å². The molecule has 0 aliphatic rings. The maximum atomic E-state index is 13.9. The van der Waals surface area contributed by atoms with Gasteiger partial charge in [-0.05, 0) is 111 Å². The number of carboxylic acid groups (broad SMARTS) is 4. The number of aliphatic hydroxyl groups excluding tert-OH is 1. The summed E-state index contributed by atoms with van der Waals surface area (Å²) < 4.78 is 0. The van der Waals surface area contributed by atoms with Crippen molar-refractivity contribution in [2.75, 3.05) is 32.7 Å². The molecule has 0 rings (SSSR count). The van der Waals surface area contributed by atoms with Gasteiger partial charge in [0.25, 0.3) is 0 Å². The second kappa shape index (κ2) is 38.9. The molecular weight excluding hydrogens is 1050 g/mol. The van der Waals surface area contributed by atoms with E-state index >= 15 is 0 Å². The Kier molecular flexibility index (Phi) is 35.1. The highest BCUT2D eigenvalue weighted by Crippen LogP contribution is 2.09. The standard InChI is InChI=1S/C46H80N14O19/c1-23(50)38(70)55-27(11-5-8-18-48)43(75)59-31(20-36(68)69)40(72)52-22-33(63)60-37(25(3)61)45(77)58-28(12-6-9-19-49)42(74)57-29(13-15-34(64)65)44(76)56-26(10-4-7-17-47)41(73)53-24(2)39(71)51-21-32(62)54-30(46(78)79)14-16-35(66)67/h23-31,37,61H,4-22,47-50H2,1-3H3,(H,51,71)(H,52,72)(H,53,73)(H,54,62)(H,55,70)(H,56,76)(H,57,74)(H,58,77)(H,59,75)(H,60,63)(H,64,65)(H,66,67)(H,68,69)(H,78,79)/t23-,24-,25+,26-,27-,28-,29-,30-,31-,37-/m0/s1. The number of nitrogens with two attached hydrogens (primary N) is 4. The highest BCUT2D eigenvalue weighted by Gasteiger charge is 2.35. The van der Waals surface area contributed by atoms with Crippen LogP contribution in [0.1, 0.15) is 111 Å². The van der Waals surface area contributed by atoms with Gasteiger partial charge in [0, 0.05) is 12.8 Å². The number of hydrogen-bond acceptors (Lipinski definition) is 19. The van der Waals surface area contributed by atoms with Crippen LogP contribution in [0.3, 0.4) is 0 Å². The van der Waals surface area contributed by atoms with Crippen molar-refractivity contribution >= 4 is 82.9 Å². The summed E-state index contributed by atoms with van der Waals surface area (Å²) in [7, 11) is 0. The normalized spacial score (nSPS) is 14.7. The Morgan fingerprint density at radius 3 is 1.15 bits per heavy atom. The molecule has 0 saturated carbocycles. The summed E-state index contributed by atoms with van der Waals surface area (Å²) >= 11 is 0. The van der Waals surface area contributed by atoms with E-state index < -0.39 is 189 Å². The molecular formula is C46H80N14O19. The molecule has 0 saturated heterocycles. The second-order valence-electron chi connectivity index (χ2n) is 18.3. The van der Waals surface area contributed by atoms with Crippen molar-refractivity contribution in [2.45, 2.75) is 171 Å². The molecule has 0 heterocycles. The topological polar surface area (TPSA) is 565 Å². The van der Waals surface area contributed by atoms with Gasteiger partial charge in [-0.2, -0.15) is 0 Å². The minimum Gasteiger partial charge on any atom is -0.481 e. The van der Waals surface area contributed by atoms with Crippen LogP contribution >= 0.6 is 0 Å². The van der Waals surface area contributed by atoms with E-state index in [0.29, 0.717) is 25.7 Å². The fourth-order valence-corrected chi connectivity index (χ4v) is 6.98. The van der Waals surface area contributed by atoms with Gasteiger partial charge in [0.15, 0.2) is 0 Å². The van der Waals surface area contributed by atoms with Crippen molar-refractivity contribution in [1.82, 2.24) is 53.2 Å². The first-order valence-corrected chi connectivity index (χ1v) is 25.5. The highest BCUT2D eigenvalue weighted by atomic mass is 16.4. The minimum absolute atomic E-state index is 0.0446. The average Bonchev–Trinajstić information content (AvgIpc) is 3.36. The van der Waals surface area contributed by atoms with Gasteiger partial charge in [0.2, 0.25) is 59.1 Å². The van der Waals surface area contributed by atoms with Crippen LogP contribution in [-0.2, 0) is 67.1 Å². The van der Waals surface area contributed by atoms with Gasteiger partial charge in [-0.15, -0.1) is 0 Å². The molecule has 0 aliphatic heterocycles. The third kappa shape index (κ3) is 30.8. The quantitative estimate of drug-likeness (QED) is 0.0253. The van der Waals surface area contributed by atoms with Crippen LogP contribution in [0.4, 0.5) is 0 Å². The molecule has 33 nitrogen and oxygen atoms in total. The van der Waals surface area contributed by atoms with Gasteiger partial charge in [0.05, 0.1) is 31.7 Å². The predicted octanol–water partition coefficient (Wildman–Crippen LogP) is -7.48. The number of rotatable bonds is 42. The van der Waals surface area contributed by atoms with Crippen molar-refractivity contribution in [3.05, 3.63) is 0 Å². The monoisotopic (exact) mass is 1130 g/mol. The Balaban J connectivity index is 6.29. The first-order chi connectivity index (χ1) is 37.1. The maximum absolute atomic E-state index is 13.9. The largest absolute Gasteiger partial charge is 0.481 e. The fraction of sp³-hybridized carbons (Fsp3) is 0.696. The van der Waals surface area contributed by atoms with Crippen LogP contribution in [0.15, 0.2) is 0 Å². The van der Waals surface area contributed by atoms with E-state index in [0.717, 1.165) is 6.92 Å². The Hall–Kier alpha value is -7.62. The Bertz CT molecular complexity index is 2100. The SMILES string of the molecule is C[C@H](N)C(=O)N[C@@H](CCCCN)C(=O)N[C@@H](CC(=O)O)C(=O)NCC(=O)N[C@H](C(=O)N[C@@H](CCCCN)C(=O)N[C@@H](CCC(=O)O)C(=O)N[C@@H](CCCCN)C(=O)N[C@@H](C)C(=O)NCC(=O)N[C@@H](CCC(=O)O)C(=O)O)[C@@H](C)O. The van der Waals surface area contributed by atoms with E-state index in [1.54, 1.807) is 0 Å². The van der Waals surface area contributed by atoms with Crippen molar-refractivity contribution in [1.29, 1.82) is 0 Å². The van der Waals surface area contributed by atoms with Crippen molar-refractivity contribution in [2.24, 2.45) is 22.9 Å². The van der Waals surface area contributed by atoms with Gasteiger partial charge >= 0.3 is 23.9 Å². The van der Waals surface area contributed by atoms with E-state index in [1.807, 2.05) is 0 Å². The van der Waals surface area contributed by atoms with Gasteiger partial charge in [-0.3, -0.25) is 62.3 Å². The molecule has 79 heavy (non-hydrogen) atoms. The summed E-state index contributed by atoms with van der Waals surface area (Å²) in [6.07, 6.45) is -3.31. The lowest BCUT2D eigenvalue weighted by Crippen LogP contribution is -2.60. The van der Waals surface area contributed by atoms with Crippen LogP contribution in [0.2, 0.25) is 0 Å². The number of amides is 10. The average molecular weight is 1130 g/mol. The number of carbonyl (C=O) groups excluding carboxylic acids is 10. The molecule has 0 radical (unpaired) electrons. The fourth-order valence-electron chi connectivity index (χ4n) is 6.98. The number of unbranched alkanes of at least 4 members (excludes halogenated alkanes) is 3. The van der Waals surface area contributed by atoms with E-state index in [9.17, 15) is 87.5 Å². The van der Waals surface area contributed by atoms with Gasteiger partial charge < -0.3 is 102 Å². The van der Waals surface area contributed by atoms with Crippen LogP contribution in [0.5, 0.6) is 0 Å². The van der Waals surface area contributed by atoms with Gasteiger partial charge in [0.1, 0.15) is 48.3 Å². The Morgan fingerprint density at radius 1 is 0.392 bits per heavy atom. The first-order valence-electron chi connectivity index (χ1n) is 25.5. The van der Waals surface area contributed by atoms with Crippen LogP contribution < -0.4 is 76.1 Å². The van der Waals surface area contributed by atoms with Crippen molar-refractivity contribution in [3.63, 3.8) is 0 Å². The molecule has 0 aromatic rings. The van der Waals surface area contributed by atoms with Crippen molar-refractivity contribution < 1.29 is 92.7 Å². The summed E-state index contributed by atoms with van der Waals surface area (Å²) in [6.45, 7) is 2.48. The summed E-state index contributed by atoms with van der Waals surface area (Å²) in [6, 6.07) is -13.6. The lowest BCUT2D eigenvalue weighted by Gasteiger charge is -2.27. The number of nitrogens with one attached hydrogen (secondary N) is 10. The highest BCUT2D eigenvalue weighted by molar-refractivity contribution is 5.98. The summed E-state index contributed by atoms with van der Waals surface area (Å²) in [5.41, 5.74) is 22.4. The summed E-state index contributed by atoms with van der Waals surface area (Å²) in [5.74, 6) is -15.9. The van der Waals surface area contributed by atoms with Crippen LogP contribution in [0.25, 0.3) is 0 Å². The molecule has 10 atom stereocenters.